The molecule has 0 radical (unpaired) electrons. The summed E-state index contributed by atoms with van der Waals surface area (Å²) in [6, 6.07) is 10.7. The Morgan fingerprint density at radius 1 is 1.27 bits per heavy atom. The van der Waals surface area contributed by atoms with Gasteiger partial charge in [0, 0.05) is 6.04 Å². The van der Waals surface area contributed by atoms with Crippen molar-refractivity contribution in [2.75, 3.05) is 12.3 Å². The lowest BCUT2D eigenvalue weighted by Crippen LogP contribution is -2.11. The first-order valence-corrected chi connectivity index (χ1v) is 9.31. The Labute approximate surface area is 156 Å². The van der Waals surface area contributed by atoms with Crippen molar-refractivity contribution in [3.8, 4) is 0 Å². The monoisotopic (exact) mass is 369 g/mol. The van der Waals surface area contributed by atoms with Gasteiger partial charge >= 0.3 is 0 Å². The van der Waals surface area contributed by atoms with Crippen LogP contribution in [-0.4, -0.2) is 26.1 Å². The van der Waals surface area contributed by atoms with E-state index in [0.717, 1.165) is 18.7 Å². The van der Waals surface area contributed by atoms with Crippen molar-refractivity contribution < 1.29 is 4.74 Å². The second-order valence-corrected chi connectivity index (χ2v) is 7.81. The molecule has 1 aromatic carbocycles. The van der Waals surface area contributed by atoms with E-state index in [1.54, 1.807) is 0 Å². The summed E-state index contributed by atoms with van der Waals surface area (Å²) in [6.07, 6.45) is 5.30. The molecule has 6 nitrogen and oxygen atoms in total. The van der Waals surface area contributed by atoms with Crippen molar-refractivity contribution in [1.29, 1.82) is 0 Å². The molecule has 0 amide bonds. The molecule has 2 N–H and O–H groups in total. The molecule has 2 aliphatic rings. The van der Waals surface area contributed by atoms with Crippen LogP contribution in [0.3, 0.4) is 0 Å². The zero-order chi connectivity index (χ0) is 17.7. The number of aromatic nitrogens is 4. The van der Waals surface area contributed by atoms with Gasteiger partial charge < -0.3 is 15.0 Å². The number of nitrogens with two attached hydrogens (primary N) is 1. The summed E-state index contributed by atoms with van der Waals surface area (Å²) < 4.78 is 8.18. The largest absolute Gasteiger partial charge is 0.376 e. The zero-order valence-electron chi connectivity index (χ0n) is 14.3. The highest BCUT2D eigenvalue weighted by Gasteiger charge is 2.62. The van der Waals surface area contributed by atoms with Crippen molar-refractivity contribution in [3.63, 3.8) is 0 Å². The number of ether oxygens (including phenoxy) is 1. The van der Waals surface area contributed by atoms with Crippen LogP contribution in [0.1, 0.15) is 30.9 Å². The molecule has 2 heterocycles. The van der Waals surface area contributed by atoms with Gasteiger partial charge in [-0.15, -0.1) is 0 Å². The van der Waals surface area contributed by atoms with Gasteiger partial charge in [0.15, 0.2) is 10.8 Å². The molecule has 0 saturated heterocycles. The van der Waals surface area contributed by atoms with Crippen LogP contribution in [-0.2, 0) is 11.3 Å². The summed E-state index contributed by atoms with van der Waals surface area (Å²) in [5.41, 5.74) is 8.66. The van der Waals surface area contributed by atoms with Gasteiger partial charge in [0.25, 0.3) is 0 Å². The molecule has 5 rings (SSSR count). The van der Waals surface area contributed by atoms with Gasteiger partial charge in [-0.2, -0.15) is 9.97 Å². The quantitative estimate of drug-likeness (QED) is 0.695. The molecule has 2 fully saturated rings. The van der Waals surface area contributed by atoms with E-state index >= 15 is 0 Å². The van der Waals surface area contributed by atoms with Crippen LogP contribution >= 0.6 is 11.6 Å². The minimum Gasteiger partial charge on any atom is -0.376 e. The lowest BCUT2D eigenvalue weighted by Gasteiger charge is -2.14. The average molecular weight is 370 g/mol. The highest BCUT2D eigenvalue weighted by Crippen LogP contribution is 2.67. The average Bonchev–Trinajstić information content (AvgIpc) is 2.99. The molecular weight excluding hydrogens is 350 g/mol. The van der Waals surface area contributed by atoms with E-state index < -0.39 is 0 Å². The molecule has 7 heteroatoms. The van der Waals surface area contributed by atoms with Crippen molar-refractivity contribution in [3.05, 3.63) is 47.4 Å². The molecule has 0 unspecified atom stereocenters. The van der Waals surface area contributed by atoms with Crippen LogP contribution in [0.15, 0.2) is 36.7 Å². The van der Waals surface area contributed by atoms with Crippen LogP contribution in [0.4, 0.5) is 5.95 Å². The first-order valence-electron chi connectivity index (χ1n) is 8.93. The normalized spacial score (nSPS) is 27.0. The summed E-state index contributed by atoms with van der Waals surface area (Å²) in [5.74, 6) is 0.793. The number of rotatable bonds is 5. The van der Waals surface area contributed by atoms with E-state index in [9.17, 15) is 0 Å². The van der Waals surface area contributed by atoms with Crippen LogP contribution < -0.4 is 5.73 Å². The lowest BCUT2D eigenvalue weighted by molar-refractivity contribution is 0.0750. The van der Waals surface area contributed by atoms with Gasteiger partial charge in [0.2, 0.25) is 5.95 Å². The maximum absolute atomic E-state index is 6.16. The van der Waals surface area contributed by atoms with E-state index in [4.69, 9.17) is 22.1 Å². The van der Waals surface area contributed by atoms with E-state index in [1.165, 1.54) is 18.4 Å². The number of nitrogens with zero attached hydrogens (tertiary/aromatic N) is 4. The van der Waals surface area contributed by atoms with Gasteiger partial charge in [0.05, 0.1) is 19.5 Å². The fraction of sp³-hybridized carbons (Fsp3) is 0.421. The second kappa shape index (κ2) is 5.93. The number of anilines is 1. The zero-order valence-corrected chi connectivity index (χ0v) is 15.1. The lowest BCUT2D eigenvalue weighted by atomic mass is 10.1. The number of hydrogen-bond acceptors (Lipinski definition) is 5. The van der Waals surface area contributed by atoms with Gasteiger partial charge in [-0.05, 0) is 36.2 Å². The molecule has 2 aliphatic carbocycles. The summed E-state index contributed by atoms with van der Waals surface area (Å²) in [7, 11) is 0. The second-order valence-electron chi connectivity index (χ2n) is 7.45. The Morgan fingerprint density at radius 3 is 2.92 bits per heavy atom. The number of imidazole rings is 1. The SMILES string of the molecule is Nc1nc(Cl)c2ncn([C@H]3CC[C@]4(COCc5ccccc5)C[C@H]34)c2n1. The van der Waals surface area contributed by atoms with Gasteiger partial charge in [-0.3, -0.25) is 0 Å². The topological polar surface area (TPSA) is 78.8 Å². The minimum absolute atomic E-state index is 0.190. The van der Waals surface area contributed by atoms with Crippen LogP contribution in [0.2, 0.25) is 5.15 Å². The van der Waals surface area contributed by atoms with Crippen molar-refractivity contribution >= 4 is 28.7 Å². The molecule has 3 atom stereocenters. The molecule has 0 aliphatic heterocycles. The smallest absolute Gasteiger partial charge is 0.223 e. The number of halogens is 1. The summed E-state index contributed by atoms with van der Waals surface area (Å²) >= 11 is 6.16. The predicted octanol–water partition coefficient (Wildman–Crippen LogP) is 3.62. The minimum atomic E-state index is 0.190. The molecule has 3 aromatic rings. The van der Waals surface area contributed by atoms with Crippen molar-refractivity contribution in [2.45, 2.75) is 31.9 Å². The molecular formula is C19H20ClN5O. The maximum Gasteiger partial charge on any atom is 0.223 e. The fourth-order valence-corrected chi connectivity index (χ4v) is 4.73. The molecule has 0 spiro atoms. The molecule has 26 heavy (non-hydrogen) atoms. The van der Waals surface area contributed by atoms with Crippen LogP contribution in [0.25, 0.3) is 11.2 Å². The third kappa shape index (κ3) is 2.56. The Kier molecular flexibility index (Phi) is 3.65. The molecule has 2 saturated carbocycles. The summed E-state index contributed by atoms with van der Waals surface area (Å²) in [6.45, 7) is 1.49. The Bertz CT molecular complexity index is 959. The molecule has 2 aromatic heterocycles. The summed E-state index contributed by atoms with van der Waals surface area (Å²) in [4.78, 5) is 12.8. The number of benzene rings is 1. The molecule has 134 valence electrons. The van der Waals surface area contributed by atoms with E-state index in [-0.39, 0.29) is 5.95 Å². The first-order chi connectivity index (χ1) is 12.7. The Morgan fingerprint density at radius 2 is 2.12 bits per heavy atom. The van der Waals surface area contributed by atoms with Crippen LogP contribution in [0, 0.1) is 11.3 Å². The maximum atomic E-state index is 6.16. The third-order valence-electron chi connectivity index (χ3n) is 5.91. The number of hydrogen-bond donors (Lipinski definition) is 1. The van der Waals surface area contributed by atoms with E-state index in [2.05, 4.69) is 31.7 Å². The Hall–Kier alpha value is -2.18. The van der Waals surface area contributed by atoms with Gasteiger partial charge in [-0.1, -0.05) is 41.9 Å². The standard InChI is InChI=1S/C19H20ClN5O/c20-16-15-17(24-18(21)23-16)25(11-22-15)14-6-7-19(8-13(14)19)10-26-9-12-4-2-1-3-5-12/h1-5,11,13-14H,6-10H2,(H2,21,23,24)/t13-,14+,19-/m1/s1. The third-order valence-corrected chi connectivity index (χ3v) is 6.17. The first kappa shape index (κ1) is 16.0. The number of fused-ring (bicyclic) bond motifs is 2. The highest BCUT2D eigenvalue weighted by atomic mass is 35.5. The number of nitrogen functional groups attached to an aromatic ring is 1. The molecule has 0 bridgehead atoms. The van der Waals surface area contributed by atoms with E-state index in [0.29, 0.717) is 34.7 Å². The van der Waals surface area contributed by atoms with Gasteiger partial charge in [0.1, 0.15) is 5.52 Å². The van der Waals surface area contributed by atoms with E-state index in [1.807, 2.05) is 24.5 Å². The van der Waals surface area contributed by atoms with Crippen molar-refractivity contribution in [1.82, 2.24) is 19.5 Å². The fourth-order valence-electron chi connectivity index (χ4n) is 4.51. The van der Waals surface area contributed by atoms with Crippen LogP contribution in [0.5, 0.6) is 0 Å². The predicted molar refractivity (Wildman–Crippen MR) is 99.7 cm³/mol. The summed E-state index contributed by atoms with van der Waals surface area (Å²) in [5, 5.41) is 0.317. The Balaban J connectivity index is 1.31. The van der Waals surface area contributed by atoms with Gasteiger partial charge in [-0.25, -0.2) is 4.98 Å². The highest BCUT2D eigenvalue weighted by molar-refractivity contribution is 6.33. The van der Waals surface area contributed by atoms with Crippen molar-refractivity contribution in [2.24, 2.45) is 11.3 Å².